The molecule has 2 aromatic heterocycles. The number of para-hydroxylation sites is 3. The number of nitrogens with zero attached hydrogens (tertiary/aromatic N) is 2. The van der Waals surface area contributed by atoms with E-state index >= 15 is 0 Å². The molecule has 0 saturated heterocycles. The first kappa shape index (κ1) is 17.2. The van der Waals surface area contributed by atoms with Gasteiger partial charge in [-0.25, -0.2) is 4.98 Å². The number of rotatable bonds is 4. The SMILES string of the molecule is COc1ccccc1N(C)C(=O)c1cc(-c2cccs2)nc2ccccc12. The summed E-state index contributed by atoms with van der Waals surface area (Å²) >= 11 is 1.61. The number of aromatic nitrogens is 1. The predicted octanol–water partition coefficient (Wildman–Crippen LogP) is 5.25. The van der Waals surface area contributed by atoms with E-state index in [9.17, 15) is 4.79 Å². The molecular formula is C22H18N2O2S. The summed E-state index contributed by atoms with van der Waals surface area (Å²) in [6.45, 7) is 0. The third-order valence-electron chi connectivity index (χ3n) is 4.47. The Morgan fingerprint density at radius 2 is 1.81 bits per heavy atom. The molecule has 0 bridgehead atoms. The lowest BCUT2D eigenvalue weighted by atomic mass is 10.1. The monoisotopic (exact) mass is 374 g/mol. The van der Waals surface area contributed by atoms with Crippen LogP contribution in [0.15, 0.2) is 72.1 Å². The van der Waals surface area contributed by atoms with Crippen molar-refractivity contribution in [2.24, 2.45) is 0 Å². The number of fused-ring (bicyclic) bond motifs is 1. The Labute approximate surface area is 161 Å². The van der Waals surface area contributed by atoms with Gasteiger partial charge < -0.3 is 9.64 Å². The lowest BCUT2D eigenvalue weighted by Gasteiger charge is -2.21. The second-order valence-electron chi connectivity index (χ2n) is 6.09. The van der Waals surface area contributed by atoms with Gasteiger partial charge in [0.05, 0.1) is 34.4 Å². The highest BCUT2D eigenvalue weighted by Crippen LogP contribution is 2.31. The first-order chi connectivity index (χ1) is 13.2. The molecule has 0 atom stereocenters. The van der Waals surface area contributed by atoms with E-state index in [0.29, 0.717) is 11.3 Å². The molecule has 0 aliphatic rings. The van der Waals surface area contributed by atoms with Crippen molar-refractivity contribution in [3.8, 4) is 16.3 Å². The van der Waals surface area contributed by atoms with Crippen molar-refractivity contribution in [3.05, 3.63) is 77.7 Å². The van der Waals surface area contributed by atoms with E-state index < -0.39 is 0 Å². The van der Waals surface area contributed by atoms with Crippen molar-refractivity contribution in [1.29, 1.82) is 0 Å². The molecular weight excluding hydrogens is 356 g/mol. The molecule has 134 valence electrons. The van der Waals surface area contributed by atoms with Gasteiger partial charge in [-0.05, 0) is 35.7 Å². The third-order valence-corrected chi connectivity index (χ3v) is 5.36. The van der Waals surface area contributed by atoms with Gasteiger partial charge in [0.2, 0.25) is 0 Å². The standard InChI is InChI=1S/C22H18N2O2S/c1-24(19-10-5-6-11-20(19)26-2)22(25)16-14-18(21-12-7-13-27-21)23-17-9-4-3-8-15(16)17/h3-14H,1-2H3. The average Bonchev–Trinajstić information content (AvgIpc) is 3.26. The van der Waals surface area contributed by atoms with Crippen molar-refractivity contribution in [2.45, 2.75) is 0 Å². The summed E-state index contributed by atoms with van der Waals surface area (Å²) in [5, 5.41) is 2.85. The van der Waals surface area contributed by atoms with Crippen molar-refractivity contribution >= 4 is 33.8 Å². The second-order valence-corrected chi connectivity index (χ2v) is 7.03. The Bertz CT molecular complexity index is 1110. The summed E-state index contributed by atoms with van der Waals surface area (Å²) < 4.78 is 5.42. The largest absolute Gasteiger partial charge is 0.495 e. The van der Waals surface area contributed by atoms with Gasteiger partial charge in [-0.2, -0.15) is 0 Å². The second kappa shape index (κ2) is 7.21. The number of thiophene rings is 1. The van der Waals surface area contributed by atoms with Crippen LogP contribution in [-0.2, 0) is 0 Å². The fourth-order valence-corrected chi connectivity index (χ4v) is 3.79. The van der Waals surface area contributed by atoms with Gasteiger partial charge in [-0.3, -0.25) is 4.79 Å². The summed E-state index contributed by atoms with van der Waals surface area (Å²) in [7, 11) is 3.37. The minimum absolute atomic E-state index is 0.101. The van der Waals surface area contributed by atoms with Crippen LogP contribution in [0.3, 0.4) is 0 Å². The lowest BCUT2D eigenvalue weighted by molar-refractivity contribution is 0.0994. The van der Waals surface area contributed by atoms with Crippen LogP contribution in [0.2, 0.25) is 0 Å². The number of hydrogen-bond donors (Lipinski definition) is 0. The van der Waals surface area contributed by atoms with Crippen LogP contribution in [0.1, 0.15) is 10.4 Å². The topological polar surface area (TPSA) is 42.4 Å². The number of anilines is 1. The van der Waals surface area contributed by atoms with Gasteiger partial charge in [-0.1, -0.05) is 36.4 Å². The molecule has 0 unspecified atom stereocenters. The number of ether oxygens (including phenoxy) is 1. The third kappa shape index (κ3) is 3.17. The maximum absolute atomic E-state index is 13.4. The van der Waals surface area contributed by atoms with E-state index in [1.165, 1.54) is 0 Å². The molecule has 5 heteroatoms. The van der Waals surface area contributed by atoms with Crippen LogP contribution in [0.25, 0.3) is 21.5 Å². The highest BCUT2D eigenvalue weighted by molar-refractivity contribution is 7.13. The minimum Gasteiger partial charge on any atom is -0.495 e. The summed E-state index contributed by atoms with van der Waals surface area (Å²) in [5.74, 6) is 0.557. The molecule has 2 heterocycles. The molecule has 4 aromatic rings. The van der Waals surface area contributed by atoms with Crippen LogP contribution >= 0.6 is 11.3 Å². The summed E-state index contributed by atoms with van der Waals surface area (Å²) in [4.78, 5) is 20.8. The maximum Gasteiger partial charge on any atom is 0.258 e. The fourth-order valence-electron chi connectivity index (χ4n) is 3.10. The van der Waals surface area contributed by atoms with Crippen molar-refractivity contribution in [2.75, 3.05) is 19.1 Å². The van der Waals surface area contributed by atoms with E-state index in [1.54, 1.807) is 30.4 Å². The number of hydrogen-bond acceptors (Lipinski definition) is 4. The van der Waals surface area contributed by atoms with Crippen molar-refractivity contribution < 1.29 is 9.53 Å². The zero-order chi connectivity index (χ0) is 18.8. The number of pyridine rings is 1. The highest BCUT2D eigenvalue weighted by atomic mass is 32.1. The molecule has 0 aliphatic heterocycles. The number of benzene rings is 2. The Balaban J connectivity index is 1.86. The maximum atomic E-state index is 13.4. The molecule has 4 nitrogen and oxygen atoms in total. The van der Waals surface area contributed by atoms with E-state index in [-0.39, 0.29) is 5.91 Å². The normalized spacial score (nSPS) is 10.7. The average molecular weight is 374 g/mol. The highest BCUT2D eigenvalue weighted by Gasteiger charge is 2.20. The lowest BCUT2D eigenvalue weighted by Crippen LogP contribution is -2.27. The first-order valence-electron chi connectivity index (χ1n) is 8.54. The summed E-state index contributed by atoms with van der Waals surface area (Å²) in [5.41, 5.74) is 2.96. The summed E-state index contributed by atoms with van der Waals surface area (Å²) in [6.07, 6.45) is 0. The number of carbonyl (C=O) groups excluding carboxylic acids is 1. The molecule has 0 radical (unpaired) electrons. The van der Waals surface area contributed by atoms with Crippen molar-refractivity contribution in [1.82, 2.24) is 4.98 Å². The van der Waals surface area contributed by atoms with Gasteiger partial charge >= 0.3 is 0 Å². The van der Waals surface area contributed by atoms with Crippen LogP contribution in [-0.4, -0.2) is 25.0 Å². The van der Waals surface area contributed by atoms with Gasteiger partial charge in [0, 0.05) is 12.4 Å². The van der Waals surface area contributed by atoms with Crippen LogP contribution < -0.4 is 9.64 Å². The first-order valence-corrected chi connectivity index (χ1v) is 9.42. The van der Waals surface area contributed by atoms with Crippen LogP contribution in [0.4, 0.5) is 5.69 Å². The molecule has 0 spiro atoms. The van der Waals surface area contributed by atoms with Crippen LogP contribution in [0.5, 0.6) is 5.75 Å². The Morgan fingerprint density at radius 3 is 2.59 bits per heavy atom. The fraction of sp³-hybridized carbons (Fsp3) is 0.0909. The Kier molecular flexibility index (Phi) is 4.60. The molecule has 1 amide bonds. The van der Waals surface area contributed by atoms with Crippen LogP contribution in [0, 0.1) is 0 Å². The molecule has 0 saturated carbocycles. The smallest absolute Gasteiger partial charge is 0.258 e. The molecule has 27 heavy (non-hydrogen) atoms. The van der Waals surface area contributed by atoms with E-state index in [1.807, 2.05) is 72.1 Å². The quantitative estimate of drug-likeness (QED) is 0.490. The number of amides is 1. The zero-order valence-corrected chi connectivity index (χ0v) is 15.9. The Morgan fingerprint density at radius 1 is 1.04 bits per heavy atom. The molecule has 0 N–H and O–H groups in total. The van der Waals surface area contributed by atoms with Gasteiger partial charge in [0.15, 0.2) is 0 Å². The van der Waals surface area contributed by atoms with Gasteiger partial charge in [0.1, 0.15) is 5.75 Å². The van der Waals surface area contributed by atoms with Gasteiger partial charge in [0.25, 0.3) is 5.91 Å². The van der Waals surface area contributed by atoms with Gasteiger partial charge in [-0.15, -0.1) is 11.3 Å². The summed E-state index contributed by atoms with van der Waals surface area (Å²) in [6, 6.07) is 21.1. The van der Waals surface area contributed by atoms with E-state index in [4.69, 9.17) is 9.72 Å². The zero-order valence-electron chi connectivity index (χ0n) is 15.0. The number of methoxy groups -OCH3 is 1. The molecule has 2 aromatic carbocycles. The van der Waals surface area contributed by atoms with E-state index in [0.717, 1.165) is 27.2 Å². The molecule has 4 rings (SSSR count). The number of carbonyl (C=O) groups is 1. The predicted molar refractivity (Wildman–Crippen MR) is 111 cm³/mol. The Hall–Kier alpha value is -3.18. The minimum atomic E-state index is -0.101. The van der Waals surface area contributed by atoms with Crippen molar-refractivity contribution in [3.63, 3.8) is 0 Å². The molecule has 0 fully saturated rings. The van der Waals surface area contributed by atoms with E-state index in [2.05, 4.69) is 0 Å². The molecule has 0 aliphatic carbocycles.